The van der Waals surface area contributed by atoms with E-state index in [1.807, 2.05) is 4.90 Å². The summed E-state index contributed by atoms with van der Waals surface area (Å²) in [6.45, 7) is 1.65. The highest BCUT2D eigenvalue weighted by atomic mass is 19.4. The number of hydrogen-bond donors (Lipinski definition) is 2. The van der Waals surface area contributed by atoms with Gasteiger partial charge in [-0.2, -0.15) is 13.2 Å². The predicted molar refractivity (Wildman–Crippen MR) is 99.4 cm³/mol. The molecule has 4 rings (SSSR count). The molecule has 0 radical (unpaired) electrons. The zero-order chi connectivity index (χ0) is 19.7. The normalized spacial score (nSPS) is 22.0. The van der Waals surface area contributed by atoms with E-state index in [0.29, 0.717) is 5.56 Å². The van der Waals surface area contributed by atoms with Crippen LogP contribution in [0.3, 0.4) is 0 Å². The van der Waals surface area contributed by atoms with Crippen molar-refractivity contribution in [3.63, 3.8) is 0 Å². The van der Waals surface area contributed by atoms with Crippen molar-refractivity contribution in [2.24, 2.45) is 0 Å². The molecule has 0 aliphatic carbocycles. The monoisotopic (exact) mass is 390 g/mol. The summed E-state index contributed by atoms with van der Waals surface area (Å²) in [5, 5.41) is 6.25. The Hall–Kier alpha value is -2.61. The number of nitrogens with one attached hydrogen (secondary N) is 2. The molecule has 5 nitrogen and oxygen atoms in total. The van der Waals surface area contributed by atoms with Gasteiger partial charge in [0.1, 0.15) is 5.82 Å². The Balaban J connectivity index is 1.62. The SMILES string of the molecule is O=C(c1cccnc1Nc1cccc(C(F)(F)F)c1)N1C2CCNCC1CC2. The van der Waals surface area contributed by atoms with E-state index in [4.69, 9.17) is 0 Å². The highest BCUT2D eigenvalue weighted by Gasteiger charge is 2.39. The number of anilines is 2. The molecule has 2 N–H and O–H groups in total. The van der Waals surface area contributed by atoms with Crippen molar-refractivity contribution in [1.82, 2.24) is 15.2 Å². The van der Waals surface area contributed by atoms with E-state index in [-0.39, 0.29) is 29.5 Å². The van der Waals surface area contributed by atoms with Crippen LogP contribution in [0.2, 0.25) is 0 Å². The summed E-state index contributed by atoms with van der Waals surface area (Å²) in [5.74, 6) is 0.141. The van der Waals surface area contributed by atoms with Crippen LogP contribution in [0.1, 0.15) is 35.2 Å². The van der Waals surface area contributed by atoms with Crippen LogP contribution in [-0.2, 0) is 6.18 Å². The second kappa shape index (κ2) is 7.43. The first-order valence-corrected chi connectivity index (χ1v) is 9.36. The van der Waals surface area contributed by atoms with E-state index in [0.717, 1.165) is 44.5 Å². The van der Waals surface area contributed by atoms with E-state index in [1.54, 1.807) is 12.1 Å². The largest absolute Gasteiger partial charge is 0.416 e. The van der Waals surface area contributed by atoms with Gasteiger partial charge in [-0.15, -0.1) is 0 Å². The standard InChI is InChI=1S/C20H21F3N4O/c21-20(22,23)13-3-1-4-14(11-13)26-18-17(5-2-9-25-18)19(28)27-15-6-7-16(27)12-24-10-8-15/h1-5,9,11,15-16,24H,6-8,10,12H2,(H,25,26). The molecule has 1 aromatic heterocycles. The number of aromatic nitrogens is 1. The Morgan fingerprint density at radius 3 is 2.79 bits per heavy atom. The first-order valence-electron chi connectivity index (χ1n) is 9.36. The average Bonchev–Trinajstić information content (AvgIpc) is 2.94. The van der Waals surface area contributed by atoms with Gasteiger partial charge in [-0.1, -0.05) is 6.07 Å². The molecular weight excluding hydrogens is 369 g/mol. The summed E-state index contributed by atoms with van der Waals surface area (Å²) in [5.41, 5.74) is -0.139. The number of carbonyl (C=O) groups is 1. The lowest BCUT2D eigenvalue weighted by Crippen LogP contribution is -2.42. The number of pyridine rings is 1. The van der Waals surface area contributed by atoms with Gasteiger partial charge in [0.2, 0.25) is 0 Å². The average molecular weight is 390 g/mol. The van der Waals surface area contributed by atoms with Gasteiger partial charge in [0.05, 0.1) is 11.1 Å². The van der Waals surface area contributed by atoms with Gasteiger partial charge < -0.3 is 15.5 Å². The summed E-state index contributed by atoms with van der Waals surface area (Å²) in [7, 11) is 0. The van der Waals surface area contributed by atoms with Gasteiger partial charge in [-0.25, -0.2) is 4.98 Å². The summed E-state index contributed by atoms with van der Waals surface area (Å²) in [6, 6.07) is 8.55. The third-order valence-corrected chi connectivity index (χ3v) is 5.38. The molecule has 2 unspecified atom stereocenters. The van der Waals surface area contributed by atoms with Gasteiger partial charge in [-0.05, 0) is 56.1 Å². The molecule has 28 heavy (non-hydrogen) atoms. The number of amides is 1. The van der Waals surface area contributed by atoms with E-state index < -0.39 is 11.7 Å². The van der Waals surface area contributed by atoms with E-state index in [2.05, 4.69) is 15.6 Å². The fourth-order valence-electron chi connectivity index (χ4n) is 4.04. The third-order valence-electron chi connectivity index (χ3n) is 5.38. The highest BCUT2D eigenvalue weighted by molar-refractivity contribution is 6.00. The quantitative estimate of drug-likeness (QED) is 0.837. The van der Waals surface area contributed by atoms with Crippen molar-refractivity contribution in [2.45, 2.75) is 37.5 Å². The second-order valence-electron chi connectivity index (χ2n) is 7.19. The lowest BCUT2D eigenvalue weighted by atomic mass is 10.1. The van der Waals surface area contributed by atoms with Crippen LogP contribution < -0.4 is 10.6 Å². The maximum absolute atomic E-state index is 13.3. The molecule has 3 heterocycles. The van der Waals surface area contributed by atoms with Crippen LogP contribution in [0.15, 0.2) is 42.6 Å². The van der Waals surface area contributed by atoms with Crippen LogP contribution in [0.4, 0.5) is 24.7 Å². The molecule has 0 spiro atoms. The zero-order valence-corrected chi connectivity index (χ0v) is 15.2. The minimum absolute atomic E-state index is 0.126. The van der Waals surface area contributed by atoms with Gasteiger partial charge in [0, 0.05) is 30.5 Å². The minimum Gasteiger partial charge on any atom is -0.340 e. The molecule has 148 valence electrons. The number of halogens is 3. The highest BCUT2D eigenvalue weighted by Crippen LogP contribution is 2.33. The summed E-state index contributed by atoms with van der Waals surface area (Å²) in [4.78, 5) is 19.4. The smallest absolute Gasteiger partial charge is 0.340 e. The number of nitrogens with zero attached hydrogens (tertiary/aromatic N) is 2. The van der Waals surface area contributed by atoms with Gasteiger partial charge >= 0.3 is 6.18 Å². The first-order chi connectivity index (χ1) is 13.4. The number of rotatable bonds is 3. The molecular formula is C20H21F3N4O. The van der Waals surface area contributed by atoms with Crippen molar-refractivity contribution in [3.8, 4) is 0 Å². The molecule has 2 saturated heterocycles. The Labute approximate surface area is 160 Å². The molecule has 2 atom stereocenters. The van der Waals surface area contributed by atoms with Crippen LogP contribution in [0, 0.1) is 0 Å². The van der Waals surface area contributed by atoms with Crippen molar-refractivity contribution >= 4 is 17.4 Å². The Bertz CT molecular complexity index is 857. The topological polar surface area (TPSA) is 57.3 Å². The molecule has 2 fully saturated rings. The summed E-state index contributed by atoms with van der Waals surface area (Å²) in [6.07, 6.45) is -0.0717. The number of fused-ring (bicyclic) bond motifs is 2. The van der Waals surface area contributed by atoms with Gasteiger partial charge in [0.15, 0.2) is 0 Å². The number of benzene rings is 1. The van der Waals surface area contributed by atoms with E-state index >= 15 is 0 Å². The summed E-state index contributed by atoms with van der Waals surface area (Å²) < 4.78 is 38.9. The molecule has 1 aromatic carbocycles. The van der Waals surface area contributed by atoms with Gasteiger partial charge in [0.25, 0.3) is 5.91 Å². The molecule has 2 aromatic rings. The van der Waals surface area contributed by atoms with E-state index in [9.17, 15) is 18.0 Å². The Morgan fingerprint density at radius 1 is 1.14 bits per heavy atom. The first kappa shape index (κ1) is 18.7. The lowest BCUT2D eigenvalue weighted by molar-refractivity contribution is -0.137. The van der Waals surface area contributed by atoms with Gasteiger partial charge in [-0.3, -0.25) is 4.79 Å². The van der Waals surface area contributed by atoms with Crippen molar-refractivity contribution in [3.05, 3.63) is 53.7 Å². The lowest BCUT2D eigenvalue weighted by Gasteiger charge is -2.28. The number of hydrogen-bond acceptors (Lipinski definition) is 4. The molecule has 2 aliphatic heterocycles. The fourth-order valence-corrected chi connectivity index (χ4v) is 4.04. The zero-order valence-electron chi connectivity index (χ0n) is 15.2. The van der Waals surface area contributed by atoms with Crippen LogP contribution in [0.5, 0.6) is 0 Å². The molecule has 1 amide bonds. The number of alkyl halides is 3. The molecule has 2 bridgehead atoms. The molecule has 2 aliphatic rings. The van der Waals surface area contributed by atoms with Crippen LogP contribution in [0.25, 0.3) is 0 Å². The Morgan fingerprint density at radius 2 is 1.96 bits per heavy atom. The maximum atomic E-state index is 13.3. The van der Waals surface area contributed by atoms with Crippen molar-refractivity contribution in [2.75, 3.05) is 18.4 Å². The van der Waals surface area contributed by atoms with Crippen LogP contribution in [-0.4, -0.2) is 41.0 Å². The Kier molecular flexibility index (Phi) is 4.97. The van der Waals surface area contributed by atoms with Crippen LogP contribution >= 0.6 is 0 Å². The van der Waals surface area contributed by atoms with Crippen molar-refractivity contribution in [1.29, 1.82) is 0 Å². The fraction of sp³-hybridized carbons (Fsp3) is 0.400. The number of carbonyl (C=O) groups excluding carboxylic acids is 1. The minimum atomic E-state index is -4.43. The second-order valence-corrected chi connectivity index (χ2v) is 7.19. The maximum Gasteiger partial charge on any atom is 0.416 e. The predicted octanol–water partition coefficient (Wildman–Crippen LogP) is 3.81. The molecule has 0 saturated carbocycles. The van der Waals surface area contributed by atoms with E-state index in [1.165, 1.54) is 18.3 Å². The summed E-state index contributed by atoms with van der Waals surface area (Å²) >= 11 is 0. The van der Waals surface area contributed by atoms with Crippen molar-refractivity contribution < 1.29 is 18.0 Å². The third kappa shape index (κ3) is 3.69. The molecule has 8 heteroatoms.